The van der Waals surface area contributed by atoms with Gasteiger partial charge in [-0.3, -0.25) is 4.98 Å². The third-order valence-corrected chi connectivity index (χ3v) is 1.82. The number of fused-ring (bicyclic) bond motifs is 1. The quantitative estimate of drug-likeness (QED) is 0.720. The van der Waals surface area contributed by atoms with E-state index in [9.17, 15) is 0 Å². The van der Waals surface area contributed by atoms with E-state index in [-0.39, 0.29) is 0 Å². The number of anilines is 1. The summed E-state index contributed by atoms with van der Waals surface area (Å²) in [6.45, 7) is 0.465. The minimum atomic E-state index is 0.465. The van der Waals surface area contributed by atoms with E-state index in [0.29, 0.717) is 12.4 Å². The maximum atomic E-state index is 5.13. The molecule has 3 nitrogen and oxygen atoms in total. The Morgan fingerprint density at radius 3 is 2.86 bits per heavy atom. The van der Waals surface area contributed by atoms with Crippen LogP contribution in [0.15, 0.2) is 30.5 Å². The lowest BCUT2D eigenvalue weighted by Crippen LogP contribution is -2.01. The van der Waals surface area contributed by atoms with Crippen molar-refractivity contribution >= 4 is 16.9 Å². The molecule has 0 amide bonds. The smallest absolute Gasteiger partial charge is 0.146 e. The molecule has 0 aliphatic carbocycles. The fourth-order valence-electron chi connectivity index (χ4n) is 1.18. The number of para-hydroxylation sites is 2. The molecule has 0 radical (unpaired) electrons. The Balaban J connectivity index is 2.37. The van der Waals surface area contributed by atoms with Crippen LogP contribution < -0.4 is 5.32 Å². The van der Waals surface area contributed by atoms with Crippen molar-refractivity contribution in [3.8, 4) is 12.3 Å². The largest absolute Gasteiger partial charge is 0.358 e. The van der Waals surface area contributed by atoms with Crippen LogP contribution in [0.3, 0.4) is 0 Å². The number of nitrogens with one attached hydrogen (secondary N) is 1. The number of hydrogen-bond acceptors (Lipinski definition) is 3. The Bertz CT molecular complexity index is 485. The summed E-state index contributed by atoms with van der Waals surface area (Å²) < 4.78 is 0. The lowest BCUT2D eigenvalue weighted by molar-refractivity contribution is 1.23. The predicted octanol–water partition coefficient (Wildman–Crippen LogP) is 1.67. The summed E-state index contributed by atoms with van der Waals surface area (Å²) in [4.78, 5) is 8.58. The van der Waals surface area contributed by atoms with Crippen molar-refractivity contribution in [3.63, 3.8) is 0 Å². The van der Waals surface area contributed by atoms with Crippen LogP contribution in [-0.2, 0) is 0 Å². The van der Waals surface area contributed by atoms with Crippen LogP contribution in [0.4, 0.5) is 5.82 Å². The summed E-state index contributed by atoms with van der Waals surface area (Å²) in [5, 5.41) is 2.98. The Labute approximate surface area is 82.2 Å². The second-order valence-corrected chi connectivity index (χ2v) is 2.80. The lowest BCUT2D eigenvalue weighted by Gasteiger charge is -2.01. The van der Waals surface area contributed by atoms with E-state index in [1.807, 2.05) is 24.3 Å². The van der Waals surface area contributed by atoms with Gasteiger partial charge < -0.3 is 5.32 Å². The first-order valence-corrected chi connectivity index (χ1v) is 4.29. The molecule has 2 aromatic rings. The van der Waals surface area contributed by atoms with E-state index in [1.54, 1.807) is 6.20 Å². The first-order chi connectivity index (χ1) is 6.90. The molecule has 0 saturated carbocycles. The number of terminal acetylenes is 1. The fraction of sp³-hybridized carbons (Fsp3) is 0.0909. The molecular formula is C11H9N3. The standard InChI is InChI=1S/C11H9N3/c1-2-7-12-11-8-13-9-5-3-4-6-10(9)14-11/h1,3-6,8H,7H2,(H,12,14). The molecule has 68 valence electrons. The minimum Gasteiger partial charge on any atom is -0.358 e. The van der Waals surface area contributed by atoms with Crippen LogP contribution in [-0.4, -0.2) is 16.5 Å². The molecule has 0 aliphatic heterocycles. The molecule has 1 aromatic heterocycles. The van der Waals surface area contributed by atoms with E-state index >= 15 is 0 Å². The van der Waals surface area contributed by atoms with Gasteiger partial charge in [0, 0.05) is 0 Å². The molecule has 3 heteroatoms. The fourth-order valence-corrected chi connectivity index (χ4v) is 1.18. The molecular weight excluding hydrogens is 174 g/mol. The first kappa shape index (κ1) is 8.52. The van der Waals surface area contributed by atoms with Crippen LogP contribution in [0, 0.1) is 12.3 Å². The number of hydrogen-bond donors (Lipinski definition) is 1. The van der Waals surface area contributed by atoms with E-state index in [0.717, 1.165) is 11.0 Å². The molecule has 1 heterocycles. The highest BCUT2D eigenvalue weighted by molar-refractivity contribution is 5.75. The minimum absolute atomic E-state index is 0.465. The van der Waals surface area contributed by atoms with Gasteiger partial charge in [0.25, 0.3) is 0 Å². The van der Waals surface area contributed by atoms with Crippen molar-refractivity contribution in [1.82, 2.24) is 9.97 Å². The maximum absolute atomic E-state index is 5.13. The molecule has 0 unspecified atom stereocenters. The molecule has 0 atom stereocenters. The summed E-state index contributed by atoms with van der Waals surface area (Å²) in [6.07, 6.45) is 6.81. The predicted molar refractivity (Wildman–Crippen MR) is 56.9 cm³/mol. The molecule has 0 spiro atoms. The van der Waals surface area contributed by atoms with E-state index in [2.05, 4.69) is 21.2 Å². The highest BCUT2D eigenvalue weighted by Gasteiger charge is 1.96. The highest BCUT2D eigenvalue weighted by Crippen LogP contribution is 2.10. The second kappa shape index (κ2) is 3.75. The summed E-state index contributed by atoms with van der Waals surface area (Å²) in [5.74, 6) is 3.20. The Morgan fingerprint density at radius 2 is 2.07 bits per heavy atom. The molecule has 1 N–H and O–H groups in total. The van der Waals surface area contributed by atoms with E-state index < -0.39 is 0 Å². The Kier molecular flexibility index (Phi) is 2.28. The van der Waals surface area contributed by atoms with Crippen molar-refractivity contribution in [3.05, 3.63) is 30.5 Å². The number of nitrogens with zero attached hydrogens (tertiary/aromatic N) is 2. The number of benzene rings is 1. The average molecular weight is 183 g/mol. The molecule has 0 aliphatic rings. The molecule has 0 fully saturated rings. The van der Waals surface area contributed by atoms with Gasteiger partial charge in [-0.05, 0) is 12.1 Å². The van der Waals surface area contributed by atoms with Crippen molar-refractivity contribution in [2.45, 2.75) is 0 Å². The van der Waals surface area contributed by atoms with Gasteiger partial charge in [-0.2, -0.15) is 0 Å². The summed E-state index contributed by atoms with van der Waals surface area (Å²) >= 11 is 0. The van der Waals surface area contributed by atoms with Gasteiger partial charge in [0.15, 0.2) is 0 Å². The van der Waals surface area contributed by atoms with Gasteiger partial charge in [-0.25, -0.2) is 4.98 Å². The topological polar surface area (TPSA) is 37.8 Å². The Morgan fingerprint density at radius 1 is 1.29 bits per heavy atom. The van der Waals surface area contributed by atoms with E-state index in [4.69, 9.17) is 6.42 Å². The first-order valence-electron chi connectivity index (χ1n) is 4.29. The van der Waals surface area contributed by atoms with Crippen LogP contribution >= 0.6 is 0 Å². The van der Waals surface area contributed by atoms with Gasteiger partial charge in [0.2, 0.25) is 0 Å². The van der Waals surface area contributed by atoms with Crippen molar-refractivity contribution in [2.24, 2.45) is 0 Å². The lowest BCUT2D eigenvalue weighted by atomic mass is 10.3. The molecule has 0 bridgehead atoms. The van der Waals surface area contributed by atoms with Gasteiger partial charge in [0.05, 0.1) is 23.8 Å². The van der Waals surface area contributed by atoms with Crippen molar-refractivity contribution in [1.29, 1.82) is 0 Å². The zero-order valence-corrected chi connectivity index (χ0v) is 7.57. The Hall–Kier alpha value is -2.08. The summed E-state index contributed by atoms with van der Waals surface area (Å²) in [6, 6.07) is 7.71. The molecule has 2 rings (SSSR count). The van der Waals surface area contributed by atoms with Crippen molar-refractivity contribution < 1.29 is 0 Å². The van der Waals surface area contributed by atoms with Gasteiger partial charge >= 0.3 is 0 Å². The average Bonchev–Trinajstić information content (AvgIpc) is 2.26. The highest BCUT2D eigenvalue weighted by atomic mass is 15.0. The summed E-state index contributed by atoms with van der Waals surface area (Å²) in [7, 11) is 0. The zero-order chi connectivity index (χ0) is 9.80. The SMILES string of the molecule is C#CCNc1cnc2ccccc2n1. The van der Waals surface area contributed by atoms with Crippen LogP contribution in [0.5, 0.6) is 0 Å². The van der Waals surface area contributed by atoms with Crippen LogP contribution in [0.1, 0.15) is 0 Å². The third kappa shape index (κ3) is 1.64. The molecule has 0 saturated heterocycles. The monoisotopic (exact) mass is 183 g/mol. The van der Waals surface area contributed by atoms with Gasteiger partial charge in [-0.15, -0.1) is 6.42 Å². The van der Waals surface area contributed by atoms with Gasteiger partial charge in [-0.1, -0.05) is 18.1 Å². The van der Waals surface area contributed by atoms with E-state index in [1.165, 1.54) is 0 Å². The second-order valence-electron chi connectivity index (χ2n) is 2.80. The number of aromatic nitrogens is 2. The van der Waals surface area contributed by atoms with Gasteiger partial charge in [0.1, 0.15) is 5.82 Å². The molecule has 14 heavy (non-hydrogen) atoms. The van der Waals surface area contributed by atoms with Crippen LogP contribution in [0.25, 0.3) is 11.0 Å². The zero-order valence-electron chi connectivity index (χ0n) is 7.57. The van der Waals surface area contributed by atoms with Crippen molar-refractivity contribution in [2.75, 3.05) is 11.9 Å². The summed E-state index contributed by atoms with van der Waals surface area (Å²) in [5.41, 5.74) is 1.76. The normalized spacial score (nSPS) is 9.64. The van der Waals surface area contributed by atoms with Crippen LogP contribution in [0.2, 0.25) is 0 Å². The molecule has 1 aromatic carbocycles. The number of rotatable bonds is 2. The maximum Gasteiger partial charge on any atom is 0.146 e. The third-order valence-electron chi connectivity index (χ3n) is 1.82.